The number of aryl methyl sites for hydroxylation is 2. The second-order valence-electron chi connectivity index (χ2n) is 3.65. The minimum absolute atomic E-state index is 0.738. The fourth-order valence-electron chi connectivity index (χ4n) is 1.48. The van der Waals surface area contributed by atoms with E-state index in [-0.39, 0.29) is 0 Å². The summed E-state index contributed by atoms with van der Waals surface area (Å²) in [5.41, 5.74) is 1.11. The lowest BCUT2D eigenvalue weighted by Gasteiger charge is -2.06. The highest BCUT2D eigenvalue weighted by Crippen LogP contribution is 2.10. The van der Waals surface area contributed by atoms with Crippen LogP contribution in [0.3, 0.4) is 0 Å². The van der Waals surface area contributed by atoms with Gasteiger partial charge < -0.3 is 5.32 Å². The van der Waals surface area contributed by atoms with Gasteiger partial charge in [-0.3, -0.25) is 0 Å². The van der Waals surface area contributed by atoms with Crippen LogP contribution in [-0.2, 0) is 0 Å². The summed E-state index contributed by atoms with van der Waals surface area (Å²) in [5, 5.41) is 7.40. The molecule has 0 amide bonds. The van der Waals surface area contributed by atoms with Crippen molar-refractivity contribution in [2.24, 2.45) is 0 Å². The van der Waals surface area contributed by atoms with Crippen LogP contribution in [0.4, 0.5) is 5.82 Å². The quantitative estimate of drug-likeness (QED) is 0.850. The van der Waals surface area contributed by atoms with Crippen molar-refractivity contribution in [3.8, 4) is 5.82 Å². The summed E-state index contributed by atoms with van der Waals surface area (Å²) < 4.78 is 1.75. The van der Waals surface area contributed by atoms with Crippen molar-refractivity contribution >= 4 is 5.82 Å². The summed E-state index contributed by atoms with van der Waals surface area (Å²) in [5.74, 6) is 2.36. The van der Waals surface area contributed by atoms with Crippen molar-refractivity contribution in [2.45, 2.75) is 20.8 Å². The molecular formula is C11H15N5. The zero-order chi connectivity index (χ0) is 11.5. The standard InChI is InChI=1S/C11H15N5/c1-4-12-10-5-11(15-9(3)14-10)16-7-8(2)6-13-16/h5-7H,4H2,1-3H3,(H,12,14,15). The first-order valence-corrected chi connectivity index (χ1v) is 5.30. The highest BCUT2D eigenvalue weighted by atomic mass is 15.3. The molecule has 16 heavy (non-hydrogen) atoms. The van der Waals surface area contributed by atoms with Crippen molar-refractivity contribution < 1.29 is 0 Å². The maximum atomic E-state index is 4.35. The van der Waals surface area contributed by atoms with Crippen molar-refractivity contribution in [2.75, 3.05) is 11.9 Å². The normalized spacial score (nSPS) is 10.4. The Bertz CT molecular complexity index is 489. The zero-order valence-corrected chi connectivity index (χ0v) is 9.73. The van der Waals surface area contributed by atoms with Crippen LogP contribution in [0.2, 0.25) is 0 Å². The number of nitrogens with zero attached hydrogens (tertiary/aromatic N) is 4. The van der Waals surface area contributed by atoms with E-state index in [0.717, 1.165) is 29.6 Å². The van der Waals surface area contributed by atoms with Crippen molar-refractivity contribution in [1.82, 2.24) is 19.7 Å². The Labute approximate surface area is 94.5 Å². The molecule has 0 atom stereocenters. The number of hydrogen-bond acceptors (Lipinski definition) is 4. The molecule has 0 aliphatic heterocycles. The van der Waals surface area contributed by atoms with Crippen LogP contribution in [0.25, 0.3) is 5.82 Å². The van der Waals surface area contributed by atoms with Crippen LogP contribution in [-0.4, -0.2) is 26.3 Å². The van der Waals surface area contributed by atoms with E-state index in [1.165, 1.54) is 0 Å². The van der Waals surface area contributed by atoms with Gasteiger partial charge in [0.1, 0.15) is 11.6 Å². The minimum atomic E-state index is 0.738. The van der Waals surface area contributed by atoms with Crippen LogP contribution in [0.15, 0.2) is 18.5 Å². The summed E-state index contributed by atoms with van der Waals surface area (Å²) in [6.07, 6.45) is 3.75. The van der Waals surface area contributed by atoms with Crippen LogP contribution in [0.5, 0.6) is 0 Å². The smallest absolute Gasteiger partial charge is 0.159 e. The van der Waals surface area contributed by atoms with Crippen LogP contribution < -0.4 is 5.32 Å². The Morgan fingerprint density at radius 1 is 1.31 bits per heavy atom. The fraction of sp³-hybridized carbons (Fsp3) is 0.364. The molecule has 0 radical (unpaired) electrons. The van der Waals surface area contributed by atoms with Gasteiger partial charge in [-0.05, 0) is 26.3 Å². The first kappa shape index (κ1) is 10.6. The van der Waals surface area contributed by atoms with E-state index >= 15 is 0 Å². The van der Waals surface area contributed by atoms with E-state index in [2.05, 4.69) is 20.4 Å². The van der Waals surface area contributed by atoms with Crippen molar-refractivity contribution in [3.63, 3.8) is 0 Å². The summed E-state index contributed by atoms with van der Waals surface area (Å²) >= 11 is 0. The van der Waals surface area contributed by atoms with E-state index in [1.54, 1.807) is 4.68 Å². The molecule has 2 heterocycles. The van der Waals surface area contributed by atoms with Crippen LogP contribution in [0, 0.1) is 13.8 Å². The third-order valence-electron chi connectivity index (χ3n) is 2.13. The lowest BCUT2D eigenvalue weighted by Crippen LogP contribution is -2.06. The molecule has 84 valence electrons. The molecular weight excluding hydrogens is 202 g/mol. The number of anilines is 1. The summed E-state index contributed by atoms with van der Waals surface area (Å²) in [7, 11) is 0. The second-order valence-corrected chi connectivity index (χ2v) is 3.65. The van der Waals surface area contributed by atoms with Gasteiger partial charge >= 0.3 is 0 Å². The van der Waals surface area contributed by atoms with E-state index in [9.17, 15) is 0 Å². The molecule has 2 aromatic heterocycles. The van der Waals surface area contributed by atoms with Gasteiger partial charge in [-0.2, -0.15) is 5.10 Å². The predicted octanol–water partition coefficient (Wildman–Crippen LogP) is 1.71. The molecule has 0 unspecified atom stereocenters. The molecule has 5 heteroatoms. The van der Waals surface area contributed by atoms with Gasteiger partial charge in [-0.25, -0.2) is 14.6 Å². The molecule has 0 bridgehead atoms. The number of nitrogens with one attached hydrogen (secondary N) is 1. The van der Waals surface area contributed by atoms with Gasteiger partial charge in [0.25, 0.3) is 0 Å². The molecule has 2 rings (SSSR count). The van der Waals surface area contributed by atoms with Crippen LogP contribution in [0.1, 0.15) is 18.3 Å². The average molecular weight is 217 g/mol. The van der Waals surface area contributed by atoms with E-state index < -0.39 is 0 Å². The fourth-order valence-corrected chi connectivity index (χ4v) is 1.48. The third-order valence-corrected chi connectivity index (χ3v) is 2.13. The third kappa shape index (κ3) is 2.18. The van der Waals surface area contributed by atoms with E-state index in [4.69, 9.17) is 0 Å². The van der Waals surface area contributed by atoms with Gasteiger partial charge in [0.05, 0.1) is 6.20 Å². The Hall–Kier alpha value is -1.91. The van der Waals surface area contributed by atoms with Crippen molar-refractivity contribution in [1.29, 1.82) is 0 Å². The highest BCUT2D eigenvalue weighted by Gasteiger charge is 2.04. The second kappa shape index (κ2) is 4.30. The highest BCUT2D eigenvalue weighted by molar-refractivity contribution is 5.41. The van der Waals surface area contributed by atoms with Gasteiger partial charge in [-0.15, -0.1) is 0 Å². The predicted molar refractivity (Wildman–Crippen MR) is 62.8 cm³/mol. The monoisotopic (exact) mass is 217 g/mol. The summed E-state index contributed by atoms with van der Waals surface area (Å²) in [6.45, 7) is 6.76. The van der Waals surface area contributed by atoms with Gasteiger partial charge in [-0.1, -0.05) is 0 Å². The largest absolute Gasteiger partial charge is 0.370 e. The minimum Gasteiger partial charge on any atom is -0.370 e. The Balaban J connectivity index is 2.40. The molecule has 0 spiro atoms. The molecule has 1 N–H and O–H groups in total. The Morgan fingerprint density at radius 3 is 2.75 bits per heavy atom. The maximum Gasteiger partial charge on any atom is 0.159 e. The maximum absolute atomic E-state index is 4.35. The Kier molecular flexibility index (Phi) is 2.85. The molecule has 0 fully saturated rings. The first-order chi connectivity index (χ1) is 7.69. The number of rotatable bonds is 3. The molecule has 5 nitrogen and oxygen atoms in total. The average Bonchev–Trinajstić information content (AvgIpc) is 2.64. The topological polar surface area (TPSA) is 55.6 Å². The van der Waals surface area contributed by atoms with Gasteiger partial charge in [0.15, 0.2) is 5.82 Å². The van der Waals surface area contributed by atoms with E-state index in [1.807, 2.05) is 39.2 Å². The lowest BCUT2D eigenvalue weighted by atomic mass is 10.4. The first-order valence-electron chi connectivity index (χ1n) is 5.30. The van der Waals surface area contributed by atoms with E-state index in [0.29, 0.717) is 0 Å². The molecule has 0 aliphatic carbocycles. The van der Waals surface area contributed by atoms with Gasteiger partial charge in [0.2, 0.25) is 0 Å². The van der Waals surface area contributed by atoms with Crippen LogP contribution >= 0.6 is 0 Å². The zero-order valence-electron chi connectivity index (χ0n) is 9.73. The Morgan fingerprint density at radius 2 is 2.12 bits per heavy atom. The molecule has 0 aromatic carbocycles. The molecule has 0 saturated heterocycles. The molecule has 0 aliphatic rings. The number of hydrogen-bond donors (Lipinski definition) is 1. The molecule has 2 aromatic rings. The summed E-state index contributed by atoms with van der Waals surface area (Å²) in [4.78, 5) is 8.64. The van der Waals surface area contributed by atoms with Crippen molar-refractivity contribution in [3.05, 3.63) is 29.8 Å². The summed E-state index contributed by atoms with van der Waals surface area (Å²) in [6, 6.07) is 1.89. The molecule has 0 saturated carbocycles. The SMILES string of the molecule is CCNc1cc(-n2cc(C)cn2)nc(C)n1. The lowest BCUT2D eigenvalue weighted by molar-refractivity contribution is 0.828. The number of aromatic nitrogens is 4. The van der Waals surface area contributed by atoms with Gasteiger partial charge in [0, 0.05) is 18.8 Å².